The largest absolute Gasteiger partial charge is 0.465 e. The van der Waals surface area contributed by atoms with Crippen molar-refractivity contribution in [1.29, 1.82) is 0 Å². The van der Waals surface area contributed by atoms with Crippen molar-refractivity contribution >= 4 is 22.0 Å². The van der Waals surface area contributed by atoms with E-state index in [0.29, 0.717) is 43.9 Å². The van der Waals surface area contributed by atoms with Crippen LogP contribution in [-0.2, 0) is 35.6 Å². The SMILES string of the molecule is CCOC(=O)[C@@H]1C[C@H]2C[C@@H](CN3C[C@@H](N(Cc4ccccc4)S(C)(=O)=O)C[C@H]3C(=O)OCC)CC[C@H]2CN1. The van der Waals surface area contributed by atoms with Gasteiger partial charge in [-0.25, -0.2) is 8.42 Å². The fraction of sp³-hybridized carbons (Fsp3) is 0.714. The number of esters is 2. The molecule has 1 aromatic carbocycles. The summed E-state index contributed by atoms with van der Waals surface area (Å²) in [5.41, 5.74) is 0.921. The van der Waals surface area contributed by atoms with E-state index in [0.717, 1.165) is 44.3 Å². The first kappa shape index (κ1) is 29.0. The predicted octanol–water partition coefficient (Wildman–Crippen LogP) is 2.41. The zero-order chi connectivity index (χ0) is 27.3. The molecule has 0 amide bonds. The zero-order valence-corrected chi connectivity index (χ0v) is 23.7. The van der Waals surface area contributed by atoms with Gasteiger partial charge in [0.1, 0.15) is 12.1 Å². The normalized spacial score (nSPS) is 30.1. The van der Waals surface area contributed by atoms with Crippen LogP contribution in [0.15, 0.2) is 30.3 Å². The number of hydrogen-bond donors (Lipinski definition) is 1. The molecule has 3 aliphatic rings. The van der Waals surface area contributed by atoms with Crippen molar-refractivity contribution in [1.82, 2.24) is 14.5 Å². The molecule has 0 bridgehead atoms. The number of nitrogens with zero attached hydrogens (tertiary/aromatic N) is 2. The second kappa shape index (κ2) is 12.9. The highest BCUT2D eigenvalue weighted by atomic mass is 32.2. The molecule has 212 valence electrons. The number of nitrogens with one attached hydrogen (secondary N) is 1. The second-order valence-corrected chi connectivity index (χ2v) is 13.0. The summed E-state index contributed by atoms with van der Waals surface area (Å²) in [5.74, 6) is 0.928. The molecular formula is C28H43N3O6S. The van der Waals surface area contributed by atoms with Crippen LogP contribution >= 0.6 is 0 Å². The van der Waals surface area contributed by atoms with Crippen LogP contribution in [0.1, 0.15) is 51.5 Å². The van der Waals surface area contributed by atoms with Crippen LogP contribution in [0.25, 0.3) is 0 Å². The van der Waals surface area contributed by atoms with Gasteiger partial charge in [-0.2, -0.15) is 4.31 Å². The third kappa shape index (κ3) is 7.14. The summed E-state index contributed by atoms with van der Waals surface area (Å²) in [7, 11) is -3.50. The molecule has 0 radical (unpaired) electrons. The van der Waals surface area contributed by atoms with Crippen molar-refractivity contribution in [2.45, 2.75) is 70.6 Å². The van der Waals surface area contributed by atoms with E-state index in [1.165, 1.54) is 6.26 Å². The molecule has 2 saturated heterocycles. The first-order chi connectivity index (χ1) is 18.2. The number of sulfonamides is 1. The number of hydrogen-bond acceptors (Lipinski definition) is 8. The Morgan fingerprint density at radius 3 is 2.39 bits per heavy atom. The van der Waals surface area contributed by atoms with E-state index in [2.05, 4.69) is 10.2 Å². The Kier molecular flexibility index (Phi) is 9.84. The minimum absolute atomic E-state index is 0.169. The van der Waals surface area contributed by atoms with Gasteiger partial charge in [-0.15, -0.1) is 0 Å². The van der Waals surface area contributed by atoms with Gasteiger partial charge in [-0.3, -0.25) is 14.5 Å². The lowest BCUT2D eigenvalue weighted by Crippen LogP contribution is -2.51. The van der Waals surface area contributed by atoms with Gasteiger partial charge in [0.2, 0.25) is 10.0 Å². The first-order valence-corrected chi connectivity index (χ1v) is 15.9. The maximum Gasteiger partial charge on any atom is 0.323 e. The van der Waals surface area contributed by atoms with Gasteiger partial charge in [0.25, 0.3) is 0 Å². The van der Waals surface area contributed by atoms with Gasteiger partial charge < -0.3 is 14.8 Å². The summed E-state index contributed by atoms with van der Waals surface area (Å²) in [6.45, 7) is 6.64. The maximum absolute atomic E-state index is 13.0. The molecule has 6 atom stereocenters. The van der Waals surface area contributed by atoms with E-state index >= 15 is 0 Å². The maximum atomic E-state index is 13.0. The van der Waals surface area contributed by atoms with Gasteiger partial charge >= 0.3 is 11.9 Å². The molecule has 9 nitrogen and oxygen atoms in total. The third-order valence-corrected chi connectivity index (χ3v) is 9.71. The van der Waals surface area contributed by atoms with E-state index < -0.39 is 16.1 Å². The molecule has 4 rings (SSSR count). The van der Waals surface area contributed by atoms with Crippen LogP contribution in [0.5, 0.6) is 0 Å². The fourth-order valence-electron chi connectivity index (χ4n) is 6.63. The summed E-state index contributed by atoms with van der Waals surface area (Å²) < 4.78 is 37.9. The monoisotopic (exact) mass is 549 g/mol. The number of carbonyl (C=O) groups is 2. The average Bonchev–Trinajstić information content (AvgIpc) is 3.30. The molecule has 2 aliphatic heterocycles. The van der Waals surface area contributed by atoms with Gasteiger partial charge in [0.15, 0.2) is 0 Å². The number of fused-ring (bicyclic) bond motifs is 1. The Bertz CT molecular complexity index is 1050. The van der Waals surface area contributed by atoms with Crippen molar-refractivity contribution in [3.05, 3.63) is 35.9 Å². The summed E-state index contributed by atoms with van der Waals surface area (Å²) in [4.78, 5) is 27.5. The van der Waals surface area contributed by atoms with Crippen LogP contribution in [0.4, 0.5) is 0 Å². The fourth-order valence-corrected chi connectivity index (χ4v) is 7.71. The molecule has 1 N–H and O–H groups in total. The Morgan fingerprint density at radius 2 is 1.71 bits per heavy atom. The smallest absolute Gasteiger partial charge is 0.323 e. The quantitative estimate of drug-likeness (QED) is 0.444. The number of likely N-dealkylation sites (tertiary alicyclic amines) is 1. The minimum Gasteiger partial charge on any atom is -0.465 e. The highest BCUT2D eigenvalue weighted by Crippen LogP contribution is 2.40. The predicted molar refractivity (Wildman–Crippen MR) is 145 cm³/mol. The lowest BCUT2D eigenvalue weighted by atomic mass is 9.69. The Balaban J connectivity index is 1.46. The first-order valence-electron chi connectivity index (χ1n) is 14.0. The van der Waals surface area contributed by atoms with Gasteiger partial charge in [0, 0.05) is 25.7 Å². The summed E-state index contributed by atoms with van der Waals surface area (Å²) >= 11 is 0. The molecule has 38 heavy (non-hydrogen) atoms. The van der Waals surface area contributed by atoms with Crippen molar-refractivity contribution in [2.75, 3.05) is 39.1 Å². The van der Waals surface area contributed by atoms with Crippen LogP contribution in [0, 0.1) is 17.8 Å². The van der Waals surface area contributed by atoms with E-state index in [9.17, 15) is 18.0 Å². The lowest BCUT2D eigenvalue weighted by Gasteiger charge is -2.43. The van der Waals surface area contributed by atoms with E-state index in [4.69, 9.17) is 9.47 Å². The molecular weight excluding hydrogens is 506 g/mol. The molecule has 1 aliphatic carbocycles. The Hall–Kier alpha value is -2.01. The Morgan fingerprint density at radius 1 is 1.00 bits per heavy atom. The summed E-state index contributed by atoms with van der Waals surface area (Å²) in [5, 5.41) is 3.37. The number of benzene rings is 1. The highest BCUT2D eigenvalue weighted by molar-refractivity contribution is 7.88. The molecule has 0 spiro atoms. The van der Waals surface area contributed by atoms with E-state index in [1.807, 2.05) is 37.3 Å². The van der Waals surface area contributed by atoms with Crippen LogP contribution in [0.3, 0.4) is 0 Å². The molecule has 1 saturated carbocycles. The number of rotatable bonds is 10. The zero-order valence-electron chi connectivity index (χ0n) is 22.9. The van der Waals surface area contributed by atoms with Gasteiger partial charge in [-0.05, 0) is 75.8 Å². The number of ether oxygens (including phenoxy) is 2. The lowest BCUT2D eigenvalue weighted by molar-refractivity contribution is -0.149. The molecule has 0 aromatic heterocycles. The van der Waals surface area contributed by atoms with Gasteiger partial charge in [0.05, 0.1) is 19.5 Å². The van der Waals surface area contributed by atoms with Crippen LogP contribution in [0.2, 0.25) is 0 Å². The summed E-state index contributed by atoms with van der Waals surface area (Å²) in [6.07, 6.45) is 5.59. The number of piperidine rings is 1. The number of carbonyl (C=O) groups excluding carboxylic acids is 2. The molecule has 10 heteroatoms. The molecule has 2 heterocycles. The van der Waals surface area contributed by atoms with Crippen molar-refractivity contribution < 1.29 is 27.5 Å². The third-order valence-electron chi connectivity index (χ3n) is 8.43. The van der Waals surface area contributed by atoms with Crippen molar-refractivity contribution in [2.24, 2.45) is 17.8 Å². The van der Waals surface area contributed by atoms with E-state index in [-0.39, 0.29) is 30.6 Å². The molecule has 0 unspecified atom stereocenters. The van der Waals surface area contributed by atoms with Gasteiger partial charge in [-0.1, -0.05) is 30.3 Å². The van der Waals surface area contributed by atoms with Crippen molar-refractivity contribution in [3.8, 4) is 0 Å². The topological polar surface area (TPSA) is 105 Å². The summed E-state index contributed by atoms with van der Waals surface area (Å²) in [6, 6.07) is 8.56. The van der Waals surface area contributed by atoms with E-state index in [1.54, 1.807) is 11.2 Å². The average molecular weight is 550 g/mol. The van der Waals surface area contributed by atoms with Crippen LogP contribution < -0.4 is 5.32 Å². The minimum atomic E-state index is -3.50. The van der Waals surface area contributed by atoms with Crippen molar-refractivity contribution in [3.63, 3.8) is 0 Å². The molecule has 1 aromatic rings. The molecule has 3 fully saturated rings. The Labute approximate surface area is 227 Å². The highest BCUT2D eigenvalue weighted by Gasteiger charge is 2.45. The second-order valence-electron chi connectivity index (χ2n) is 11.1. The van der Waals surface area contributed by atoms with Crippen LogP contribution in [-0.4, -0.2) is 86.8 Å². The standard InChI is InChI=1S/C28H43N3O6S/c1-4-36-27(32)25-14-23-13-21(11-12-22(23)16-29-25)17-30-19-24(15-26(30)28(33)37-5-2)31(38(3,34)35)18-20-9-7-6-8-10-20/h6-10,21-26,29H,4-5,11-19H2,1-3H3/t21-,22-,23+,24-,25-,26-/m0/s1.